The number of nitrogens with zero attached hydrogens (tertiary/aromatic N) is 1. The van der Waals surface area contributed by atoms with Crippen LogP contribution in [0.2, 0.25) is 0 Å². The van der Waals surface area contributed by atoms with Crippen molar-refractivity contribution < 1.29 is 23.6 Å². The zero-order valence-corrected chi connectivity index (χ0v) is 15.3. The molecule has 0 bridgehead atoms. The molecule has 0 spiro atoms. The van der Waals surface area contributed by atoms with Crippen LogP contribution < -0.4 is 10.6 Å². The summed E-state index contributed by atoms with van der Waals surface area (Å²) in [6.07, 6.45) is 0. The van der Waals surface area contributed by atoms with Crippen LogP contribution in [0.25, 0.3) is 0 Å². The van der Waals surface area contributed by atoms with Crippen molar-refractivity contribution in [2.24, 2.45) is 0 Å². The molecule has 28 heavy (non-hydrogen) atoms. The monoisotopic (exact) mass is 383 g/mol. The van der Waals surface area contributed by atoms with Gasteiger partial charge in [0.15, 0.2) is 5.78 Å². The standard InChI is InChI=1S/C20H18FN3O4/c1-12(25)22-14-8-9-15(16(21)10-14)17(26)11-24-18(27)20(2,23-19(24)28)13-6-4-3-5-7-13/h3-10H,11H2,1-2H3,(H,22,25)(H,23,28). The van der Waals surface area contributed by atoms with Gasteiger partial charge in [-0.2, -0.15) is 0 Å². The number of hydrogen-bond donors (Lipinski definition) is 2. The Hall–Kier alpha value is -3.55. The molecule has 144 valence electrons. The molecule has 2 N–H and O–H groups in total. The minimum absolute atomic E-state index is 0.202. The maximum absolute atomic E-state index is 14.3. The van der Waals surface area contributed by atoms with Gasteiger partial charge in [-0.3, -0.25) is 19.3 Å². The molecule has 0 aliphatic carbocycles. The number of carbonyl (C=O) groups excluding carboxylic acids is 4. The number of imide groups is 1. The number of rotatable bonds is 5. The van der Waals surface area contributed by atoms with Gasteiger partial charge in [-0.25, -0.2) is 9.18 Å². The van der Waals surface area contributed by atoms with Crippen LogP contribution in [0.1, 0.15) is 29.8 Å². The molecule has 0 aromatic heterocycles. The van der Waals surface area contributed by atoms with E-state index < -0.39 is 35.6 Å². The number of hydrogen-bond acceptors (Lipinski definition) is 4. The van der Waals surface area contributed by atoms with Gasteiger partial charge in [-0.15, -0.1) is 0 Å². The Labute approximate surface area is 160 Å². The normalized spacial score (nSPS) is 18.8. The molecule has 1 aliphatic rings. The highest BCUT2D eigenvalue weighted by Gasteiger charge is 2.49. The lowest BCUT2D eigenvalue weighted by Crippen LogP contribution is -2.41. The Balaban J connectivity index is 1.80. The van der Waals surface area contributed by atoms with Gasteiger partial charge in [0, 0.05) is 12.6 Å². The molecule has 4 amide bonds. The van der Waals surface area contributed by atoms with Gasteiger partial charge in [-0.1, -0.05) is 30.3 Å². The Morgan fingerprint density at radius 2 is 1.82 bits per heavy atom. The fourth-order valence-electron chi connectivity index (χ4n) is 3.06. The number of urea groups is 1. The van der Waals surface area contributed by atoms with E-state index in [9.17, 15) is 23.6 Å². The summed E-state index contributed by atoms with van der Waals surface area (Å²) in [5.74, 6) is -2.55. The molecule has 2 aromatic carbocycles. The van der Waals surface area contributed by atoms with E-state index in [2.05, 4.69) is 10.6 Å². The fraction of sp³-hybridized carbons (Fsp3) is 0.200. The first-order valence-electron chi connectivity index (χ1n) is 8.52. The number of Topliss-reactive ketones (excluding diaryl/α,β-unsaturated/α-hetero) is 1. The van der Waals surface area contributed by atoms with Gasteiger partial charge in [0.05, 0.1) is 12.1 Å². The highest BCUT2D eigenvalue weighted by atomic mass is 19.1. The number of benzene rings is 2. The summed E-state index contributed by atoms with van der Waals surface area (Å²) in [6, 6.07) is 11.5. The second kappa shape index (κ2) is 7.22. The van der Waals surface area contributed by atoms with Crippen molar-refractivity contribution in [1.29, 1.82) is 0 Å². The fourth-order valence-corrected chi connectivity index (χ4v) is 3.06. The van der Waals surface area contributed by atoms with Gasteiger partial charge in [-0.05, 0) is 30.7 Å². The highest BCUT2D eigenvalue weighted by molar-refractivity contribution is 6.11. The van der Waals surface area contributed by atoms with Crippen LogP contribution in [0.4, 0.5) is 14.9 Å². The van der Waals surface area contributed by atoms with Gasteiger partial charge in [0.2, 0.25) is 5.91 Å². The number of halogens is 1. The summed E-state index contributed by atoms with van der Waals surface area (Å²) < 4.78 is 14.3. The van der Waals surface area contributed by atoms with Gasteiger partial charge >= 0.3 is 6.03 Å². The predicted molar refractivity (Wildman–Crippen MR) is 99.1 cm³/mol. The molecule has 1 saturated heterocycles. The summed E-state index contributed by atoms with van der Waals surface area (Å²) in [4.78, 5) is 49.4. The Morgan fingerprint density at radius 1 is 1.14 bits per heavy atom. The molecule has 1 atom stereocenters. The van der Waals surface area contributed by atoms with E-state index in [-0.39, 0.29) is 17.2 Å². The Kier molecular flexibility index (Phi) is 4.96. The second-order valence-electron chi connectivity index (χ2n) is 6.61. The minimum atomic E-state index is -1.30. The van der Waals surface area contributed by atoms with Crippen LogP contribution >= 0.6 is 0 Å². The van der Waals surface area contributed by atoms with E-state index in [1.54, 1.807) is 37.3 Å². The van der Waals surface area contributed by atoms with Crippen molar-refractivity contribution >= 4 is 29.3 Å². The molecule has 0 radical (unpaired) electrons. The molecule has 0 saturated carbocycles. The largest absolute Gasteiger partial charge is 0.326 e. The Bertz CT molecular complexity index is 977. The molecule has 8 heteroatoms. The van der Waals surface area contributed by atoms with Gasteiger partial charge in [0.25, 0.3) is 5.91 Å². The molecule has 3 rings (SSSR count). The number of anilines is 1. The molecule has 7 nitrogen and oxygen atoms in total. The van der Waals surface area contributed by atoms with Crippen LogP contribution in [0, 0.1) is 5.82 Å². The third-order valence-electron chi connectivity index (χ3n) is 4.52. The molecule has 1 aliphatic heterocycles. The van der Waals surface area contributed by atoms with Crippen molar-refractivity contribution in [2.75, 3.05) is 11.9 Å². The maximum Gasteiger partial charge on any atom is 0.325 e. The van der Waals surface area contributed by atoms with Crippen molar-refractivity contribution in [3.8, 4) is 0 Å². The first-order chi connectivity index (χ1) is 13.2. The van der Waals surface area contributed by atoms with Crippen LogP contribution in [0.3, 0.4) is 0 Å². The maximum atomic E-state index is 14.3. The van der Waals surface area contributed by atoms with Gasteiger partial charge in [0.1, 0.15) is 11.4 Å². The lowest BCUT2D eigenvalue weighted by atomic mass is 9.92. The summed E-state index contributed by atoms with van der Waals surface area (Å²) in [7, 11) is 0. The number of nitrogens with one attached hydrogen (secondary N) is 2. The van der Waals surface area contributed by atoms with Crippen LogP contribution in [-0.2, 0) is 15.1 Å². The quantitative estimate of drug-likeness (QED) is 0.612. The van der Waals surface area contributed by atoms with Crippen molar-refractivity contribution in [3.05, 3.63) is 65.5 Å². The van der Waals surface area contributed by atoms with E-state index in [0.29, 0.717) is 5.56 Å². The molecule has 1 heterocycles. The average molecular weight is 383 g/mol. The molecule has 1 fully saturated rings. The topological polar surface area (TPSA) is 95.6 Å². The number of ketones is 1. The summed E-state index contributed by atoms with van der Waals surface area (Å²) in [6.45, 7) is 2.23. The van der Waals surface area contributed by atoms with Crippen LogP contribution in [-0.4, -0.2) is 35.1 Å². The molecular formula is C20H18FN3O4. The molecule has 2 aromatic rings. The average Bonchev–Trinajstić information content (AvgIpc) is 2.86. The van der Waals surface area contributed by atoms with Crippen molar-refractivity contribution in [2.45, 2.75) is 19.4 Å². The van der Waals surface area contributed by atoms with Crippen molar-refractivity contribution in [1.82, 2.24) is 10.2 Å². The summed E-state index contributed by atoms with van der Waals surface area (Å²) >= 11 is 0. The summed E-state index contributed by atoms with van der Waals surface area (Å²) in [5.41, 5.74) is -0.794. The third kappa shape index (κ3) is 3.48. The van der Waals surface area contributed by atoms with E-state index in [0.717, 1.165) is 11.0 Å². The first-order valence-corrected chi connectivity index (χ1v) is 8.52. The second-order valence-corrected chi connectivity index (χ2v) is 6.61. The van der Waals surface area contributed by atoms with Crippen molar-refractivity contribution in [3.63, 3.8) is 0 Å². The summed E-state index contributed by atoms with van der Waals surface area (Å²) in [5, 5.41) is 5.00. The lowest BCUT2D eigenvalue weighted by Gasteiger charge is -2.22. The molecule has 1 unspecified atom stereocenters. The predicted octanol–water partition coefficient (Wildman–Crippen LogP) is 2.43. The number of amides is 4. The van der Waals surface area contributed by atoms with Gasteiger partial charge < -0.3 is 10.6 Å². The highest BCUT2D eigenvalue weighted by Crippen LogP contribution is 2.29. The zero-order valence-electron chi connectivity index (χ0n) is 15.3. The van der Waals surface area contributed by atoms with E-state index in [1.165, 1.54) is 19.1 Å². The molecular weight excluding hydrogens is 365 g/mol. The first kappa shape index (κ1) is 19.2. The number of carbonyl (C=O) groups is 4. The van der Waals surface area contributed by atoms with Crippen LogP contribution in [0.15, 0.2) is 48.5 Å². The SMILES string of the molecule is CC(=O)Nc1ccc(C(=O)CN2C(=O)NC(C)(c3ccccc3)C2=O)c(F)c1. The minimum Gasteiger partial charge on any atom is -0.326 e. The third-order valence-corrected chi connectivity index (χ3v) is 4.52. The van der Waals surface area contributed by atoms with E-state index >= 15 is 0 Å². The van der Waals surface area contributed by atoms with E-state index in [4.69, 9.17) is 0 Å². The Morgan fingerprint density at radius 3 is 2.43 bits per heavy atom. The smallest absolute Gasteiger partial charge is 0.325 e. The van der Waals surface area contributed by atoms with Crippen LogP contribution in [0.5, 0.6) is 0 Å². The lowest BCUT2D eigenvalue weighted by molar-refractivity contribution is -0.130. The zero-order chi connectivity index (χ0) is 20.5. The van der Waals surface area contributed by atoms with E-state index in [1.807, 2.05) is 0 Å².